The van der Waals surface area contributed by atoms with E-state index in [-0.39, 0.29) is 17.3 Å². The number of ether oxygens (including phenoxy) is 1. The molecule has 3 rings (SSSR count). The Bertz CT molecular complexity index is 1050. The standard InChI is InChI=1S/C23H24N2O4S/c1-2-22(29-20-11-7-4-8-12-20)23(26)25-19-13-15-21(16-14-19)30(27,28)24-17-18-9-5-3-6-10-18/h3-16,22,24H,2,17H2,1H3,(H,25,26). The minimum atomic E-state index is -3.65. The van der Waals surface area contributed by atoms with E-state index < -0.39 is 16.1 Å². The Morgan fingerprint density at radius 3 is 2.10 bits per heavy atom. The van der Waals surface area contributed by atoms with Crippen LogP contribution in [0.15, 0.2) is 89.8 Å². The molecule has 0 bridgehead atoms. The molecule has 1 atom stereocenters. The molecule has 0 aliphatic rings. The molecule has 6 nitrogen and oxygen atoms in total. The fourth-order valence-electron chi connectivity index (χ4n) is 2.78. The van der Waals surface area contributed by atoms with Gasteiger partial charge < -0.3 is 10.1 Å². The summed E-state index contributed by atoms with van der Waals surface area (Å²) in [6, 6.07) is 24.4. The molecule has 0 spiro atoms. The molecular weight excluding hydrogens is 400 g/mol. The van der Waals surface area contributed by atoms with E-state index in [1.54, 1.807) is 24.3 Å². The Labute approximate surface area is 177 Å². The summed E-state index contributed by atoms with van der Waals surface area (Å²) in [6.07, 6.45) is -0.153. The number of para-hydroxylation sites is 1. The lowest BCUT2D eigenvalue weighted by Crippen LogP contribution is -2.32. The summed E-state index contributed by atoms with van der Waals surface area (Å²) >= 11 is 0. The highest BCUT2D eigenvalue weighted by molar-refractivity contribution is 7.89. The average molecular weight is 425 g/mol. The van der Waals surface area contributed by atoms with Gasteiger partial charge in [-0.1, -0.05) is 55.5 Å². The van der Waals surface area contributed by atoms with Crippen LogP contribution in [0.4, 0.5) is 5.69 Å². The average Bonchev–Trinajstić information content (AvgIpc) is 2.78. The second kappa shape index (κ2) is 10.0. The number of benzene rings is 3. The van der Waals surface area contributed by atoms with Crippen molar-refractivity contribution in [3.8, 4) is 5.75 Å². The van der Waals surface area contributed by atoms with Crippen LogP contribution in [0.3, 0.4) is 0 Å². The topological polar surface area (TPSA) is 84.5 Å². The first kappa shape index (κ1) is 21.5. The summed E-state index contributed by atoms with van der Waals surface area (Å²) in [5.41, 5.74) is 1.37. The molecule has 1 amide bonds. The first-order valence-corrected chi connectivity index (χ1v) is 11.1. The lowest BCUT2D eigenvalue weighted by atomic mass is 10.2. The molecule has 0 aliphatic heterocycles. The van der Waals surface area contributed by atoms with Gasteiger partial charge in [0.05, 0.1) is 4.90 Å². The van der Waals surface area contributed by atoms with Gasteiger partial charge >= 0.3 is 0 Å². The molecule has 3 aromatic rings. The van der Waals surface area contributed by atoms with Crippen LogP contribution in [0.5, 0.6) is 5.75 Å². The van der Waals surface area contributed by atoms with E-state index in [9.17, 15) is 13.2 Å². The van der Waals surface area contributed by atoms with E-state index >= 15 is 0 Å². The molecule has 0 aromatic heterocycles. The van der Waals surface area contributed by atoms with E-state index in [2.05, 4.69) is 10.0 Å². The largest absolute Gasteiger partial charge is 0.481 e. The van der Waals surface area contributed by atoms with Gasteiger partial charge in [0.2, 0.25) is 10.0 Å². The fraction of sp³-hybridized carbons (Fsp3) is 0.174. The molecule has 7 heteroatoms. The van der Waals surface area contributed by atoms with Crippen molar-refractivity contribution in [3.05, 3.63) is 90.5 Å². The maximum atomic E-state index is 12.5. The highest BCUT2D eigenvalue weighted by Crippen LogP contribution is 2.17. The van der Waals surface area contributed by atoms with Gasteiger partial charge in [-0.25, -0.2) is 13.1 Å². The molecule has 2 N–H and O–H groups in total. The van der Waals surface area contributed by atoms with Crippen LogP contribution in [-0.2, 0) is 21.4 Å². The van der Waals surface area contributed by atoms with Crippen molar-refractivity contribution in [3.63, 3.8) is 0 Å². The summed E-state index contributed by atoms with van der Waals surface area (Å²) in [6.45, 7) is 2.07. The van der Waals surface area contributed by atoms with Gasteiger partial charge in [0.15, 0.2) is 6.10 Å². The molecule has 0 aliphatic carbocycles. The van der Waals surface area contributed by atoms with Crippen molar-refractivity contribution in [1.82, 2.24) is 4.72 Å². The summed E-state index contributed by atoms with van der Waals surface area (Å²) in [7, 11) is -3.65. The van der Waals surface area contributed by atoms with Gasteiger partial charge in [-0.15, -0.1) is 0 Å². The Morgan fingerprint density at radius 2 is 1.50 bits per heavy atom. The van der Waals surface area contributed by atoms with Gasteiger partial charge in [0.1, 0.15) is 5.75 Å². The highest BCUT2D eigenvalue weighted by Gasteiger charge is 2.19. The summed E-state index contributed by atoms with van der Waals surface area (Å²) < 4.78 is 33.3. The minimum absolute atomic E-state index is 0.129. The number of sulfonamides is 1. The monoisotopic (exact) mass is 424 g/mol. The number of anilines is 1. The maximum absolute atomic E-state index is 12.5. The summed E-state index contributed by atoms with van der Waals surface area (Å²) in [5, 5.41) is 2.77. The van der Waals surface area contributed by atoms with Crippen molar-refractivity contribution in [2.24, 2.45) is 0 Å². The van der Waals surface area contributed by atoms with Crippen molar-refractivity contribution in [2.75, 3.05) is 5.32 Å². The van der Waals surface area contributed by atoms with E-state index in [0.717, 1.165) is 5.56 Å². The molecule has 3 aromatic carbocycles. The minimum Gasteiger partial charge on any atom is -0.481 e. The number of rotatable bonds is 9. The quantitative estimate of drug-likeness (QED) is 0.545. The smallest absolute Gasteiger partial charge is 0.265 e. The van der Waals surface area contributed by atoms with Crippen molar-refractivity contribution in [2.45, 2.75) is 30.9 Å². The Balaban J connectivity index is 1.61. The Hall–Kier alpha value is -3.16. The molecule has 0 saturated carbocycles. The fourth-order valence-corrected chi connectivity index (χ4v) is 3.80. The number of hydrogen-bond donors (Lipinski definition) is 2. The van der Waals surface area contributed by atoms with Gasteiger partial charge in [0, 0.05) is 12.2 Å². The van der Waals surface area contributed by atoms with Crippen LogP contribution in [0.25, 0.3) is 0 Å². The van der Waals surface area contributed by atoms with Gasteiger partial charge in [0.25, 0.3) is 5.91 Å². The zero-order chi connectivity index (χ0) is 21.4. The summed E-state index contributed by atoms with van der Waals surface area (Å²) in [5.74, 6) is 0.324. The number of hydrogen-bond acceptors (Lipinski definition) is 4. The molecule has 0 fully saturated rings. The summed E-state index contributed by atoms with van der Waals surface area (Å²) in [4.78, 5) is 12.7. The highest BCUT2D eigenvalue weighted by atomic mass is 32.2. The molecule has 0 saturated heterocycles. The van der Waals surface area contributed by atoms with Crippen LogP contribution < -0.4 is 14.8 Å². The molecule has 156 valence electrons. The van der Waals surface area contributed by atoms with E-state index in [1.165, 1.54) is 12.1 Å². The third-order valence-corrected chi connectivity index (χ3v) is 5.84. The van der Waals surface area contributed by atoms with Crippen LogP contribution in [-0.4, -0.2) is 20.4 Å². The first-order valence-electron chi connectivity index (χ1n) is 9.64. The number of carbonyl (C=O) groups excluding carboxylic acids is 1. The SMILES string of the molecule is CCC(Oc1ccccc1)C(=O)Nc1ccc(S(=O)(=O)NCc2ccccc2)cc1. The van der Waals surface area contributed by atoms with Crippen molar-refractivity contribution in [1.29, 1.82) is 0 Å². The van der Waals surface area contributed by atoms with Crippen LogP contribution in [0, 0.1) is 0 Å². The zero-order valence-corrected chi connectivity index (χ0v) is 17.4. The predicted octanol–water partition coefficient (Wildman–Crippen LogP) is 3.96. The second-order valence-electron chi connectivity index (χ2n) is 6.65. The van der Waals surface area contributed by atoms with Gasteiger partial charge in [-0.2, -0.15) is 0 Å². The van der Waals surface area contributed by atoms with Crippen molar-refractivity contribution < 1.29 is 17.9 Å². The number of amides is 1. The molecule has 0 radical (unpaired) electrons. The normalized spacial score (nSPS) is 12.2. The van der Waals surface area contributed by atoms with E-state index in [0.29, 0.717) is 17.9 Å². The zero-order valence-electron chi connectivity index (χ0n) is 16.6. The lowest BCUT2D eigenvalue weighted by Gasteiger charge is -2.17. The Kier molecular flexibility index (Phi) is 7.21. The van der Waals surface area contributed by atoms with Crippen LogP contribution in [0.1, 0.15) is 18.9 Å². The first-order chi connectivity index (χ1) is 14.5. The van der Waals surface area contributed by atoms with E-state index in [4.69, 9.17) is 4.74 Å². The molecule has 30 heavy (non-hydrogen) atoms. The second-order valence-corrected chi connectivity index (χ2v) is 8.42. The lowest BCUT2D eigenvalue weighted by molar-refractivity contribution is -0.122. The van der Waals surface area contributed by atoms with Gasteiger partial charge in [-0.05, 0) is 48.4 Å². The third-order valence-electron chi connectivity index (χ3n) is 4.43. The van der Waals surface area contributed by atoms with E-state index in [1.807, 2.05) is 55.5 Å². The third kappa shape index (κ3) is 5.92. The van der Waals surface area contributed by atoms with Crippen LogP contribution in [0.2, 0.25) is 0 Å². The van der Waals surface area contributed by atoms with Crippen molar-refractivity contribution >= 4 is 21.6 Å². The predicted molar refractivity (Wildman–Crippen MR) is 117 cm³/mol. The number of nitrogens with one attached hydrogen (secondary N) is 2. The molecule has 1 unspecified atom stereocenters. The molecular formula is C23H24N2O4S. The molecule has 0 heterocycles. The maximum Gasteiger partial charge on any atom is 0.265 e. The van der Waals surface area contributed by atoms with Gasteiger partial charge in [-0.3, -0.25) is 4.79 Å². The number of carbonyl (C=O) groups is 1. The Morgan fingerprint density at radius 1 is 0.900 bits per heavy atom. The van der Waals surface area contributed by atoms with Crippen LogP contribution >= 0.6 is 0 Å².